The second kappa shape index (κ2) is 8.74. The van der Waals surface area contributed by atoms with Crippen molar-refractivity contribution in [2.45, 2.75) is 0 Å². The smallest absolute Gasteiger partial charge is 0.269 e. The molecule has 5 nitrogen and oxygen atoms in total. The molecule has 2 amide bonds. The molecule has 0 unspecified atom stereocenters. The van der Waals surface area contributed by atoms with Crippen LogP contribution in [-0.4, -0.2) is 37.9 Å². The van der Waals surface area contributed by atoms with Crippen molar-refractivity contribution >= 4 is 41.1 Å². The number of nitrogens with zero attached hydrogens (tertiary/aromatic N) is 1. The van der Waals surface area contributed by atoms with E-state index in [-0.39, 0.29) is 22.2 Å². The van der Waals surface area contributed by atoms with Gasteiger partial charge in [0.1, 0.15) is 11.4 Å². The molecule has 0 bridgehead atoms. The van der Waals surface area contributed by atoms with Crippen LogP contribution in [0.3, 0.4) is 0 Å². The maximum absolute atomic E-state index is 12.5. The number of methoxy groups -OCH3 is 1. The Morgan fingerprint density at radius 3 is 2.27 bits per heavy atom. The molecule has 0 aliphatic heterocycles. The molecule has 7 heteroatoms. The Bertz CT molecular complexity index is 846. The summed E-state index contributed by atoms with van der Waals surface area (Å²) >= 11 is 11.9. The Morgan fingerprint density at radius 2 is 1.73 bits per heavy atom. The first kappa shape index (κ1) is 19.8. The van der Waals surface area contributed by atoms with E-state index in [9.17, 15) is 9.59 Å². The lowest BCUT2D eigenvalue weighted by atomic mass is 10.1. The molecule has 2 aromatic carbocycles. The van der Waals surface area contributed by atoms with Crippen molar-refractivity contribution < 1.29 is 14.3 Å². The number of benzene rings is 2. The molecule has 0 heterocycles. The van der Waals surface area contributed by atoms with Crippen LogP contribution in [0.5, 0.6) is 5.75 Å². The van der Waals surface area contributed by atoms with Gasteiger partial charge < -0.3 is 15.0 Å². The van der Waals surface area contributed by atoms with Crippen LogP contribution in [0.4, 0.5) is 0 Å². The highest BCUT2D eigenvalue weighted by molar-refractivity contribution is 6.36. The molecule has 0 spiro atoms. The number of carbonyl (C=O) groups excluding carboxylic acids is 2. The summed E-state index contributed by atoms with van der Waals surface area (Å²) in [5, 5.41) is 3.25. The van der Waals surface area contributed by atoms with Crippen molar-refractivity contribution in [1.82, 2.24) is 10.2 Å². The first-order chi connectivity index (χ1) is 12.3. The Balaban J connectivity index is 2.33. The molecule has 136 valence electrons. The molecule has 0 fully saturated rings. The zero-order valence-corrected chi connectivity index (χ0v) is 16.1. The van der Waals surface area contributed by atoms with E-state index in [1.807, 2.05) is 0 Å². The maximum Gasteiger partial charge on any atom is 0.269 e. The first-order valence-corrected chi connectivity index (χ1v) is 8.41. The van der Waals surface area contributed by atoms with Crippen LogP contribution in [0.25, 0.3) is 6.08 Å². The molecule has 2 rings (SSSR count). The van der Waals surface area contributed by atoms with Gasteiger partial charge in [0.25, 0.3) is 11.8 Å². The quantitative estimate of drug-likeness (QED) is 0.785. The summed E-state index contributed by atoms with van der Waals surface area (Å²) in [6.45, 7) is 0. The highest BCUT2D eigenvalue weighted by Crippen LogP contribution is 2.21. The molecule has 2 aromatic rings. The van der Waals surface area contributed by atoms with Gasteiger partial charge in [0.2, 0.25) is 0 Å². The highest BCUT2D eigenvalue weighted by Gasteiger charge is 2.18. The molecular formula is C19H18Cl2N2O3. The van der Waals surface area contributed by atoms with Crippen LogP contribution in [0.15, 0.2) is 48.2 Å². The average Bonchev–Trinajstić information content (AvgIpc) is 2.60. The molecule has 1 N–H and O–H groups in total. The van der Waals surface area contributed by atoms with E-state index in [1.54, 1.807) is 57.6 Å². The van der Waals surface area contributed by atoms with Crippen LogP contribution in [0.2, 0.25) is 10.0 Å². The van der Waals surface area contributed by atoms with Crippen molar-refractivity contribution in [3.63, 3.8) is 0 Å². The summed E-state index contributed by atoms with van der Waals surface area (Å²) < 4.78 is 5.11. The fraction of sp³-hybridized carbons (Fsp3) is 0.158. The Morgan fingerprint density at radius 1 is 1.08 bits per heavy atom. The maximum atomic E-state index is 12.5. The summed E-state index contributed by atoms with van der Waals surface area (Å²) in [6.07, 6.45) is 1.59. The topological polar surface area (TPSA) is 58.6 Å². The number of halogens is 2. The lowest BCUT2D eigenvalue weighted by molar-refractivity contribution is -0.124. The SMILES string of the molecule is COc1ccc(C=C(NC(=O)c2ccc(Cl)cc2Cl)C(=O)N(C)C)cc1. The fourth-order valence-electron chi connectivity index (χ4n) is 2.12. The molecule has 0 atom stereocenters. The van der Waals surface area contributed by atoms with Gasteiger partial charge in [-0.1, -0.05) is 35.3 Å². The van der Waals surface area contributed by atoms with Crippen LogP contribution >= 0.6 is 23.2 Å². The van der Waals surface area contributed by atoms with Crippen LogP contribution < -0.4 is 10.1 Å². The average molecular weight is 393 g/mol. The van der Waals surface area contributed by atoms with Crippen LogP contribution in [-0.2, 0) is 4.79 Å². The van der Waals surface area contributed by atoms with Gasteiger partial charge in [0.15, 0.2) is 0 Å². The van der Waals surface area contributed by atoms with E-state index >= 15 is 0 Å². The molecule has 0 radical (unpaired) electrons. The van der Waals surface area contributed by atoms with Gasteiger partial charge in [-0.25, -0.2) is 0 Å². The van der Waals surface area contributed by atoms with Gasteiger partial charge in [0.05, 0.1) is 17.7 Å². The zero-order valence-electron chi connectivity index (χ0n) is 14.5. The zero-order chi connectivity index (χ0) is 19.3. The van der Waals surface area contributed by atoms with Crippen molar-refractivity contribution in [2.75, 3.05) is 21.2 Å². The van der Waals surface area contributed by atoms with Crippen molar-refractivity contribution in [2.24, 2.45) is 0 Å². The predicted molar refractivity (Wildman–Crippen MR) is 104 cm³/mol. The predicted octanol–water partition coefficient (Wildman–Crippen LogP) is 3.86. The lowest BCUT2D eigenvalue weighted by Gasteiger charge is -2.15. The largest absolute Gasteiger partial charge is 0.497 e. The van der Waals surface area contributed by atoms with Gasteiger partial charge in [-0.3, -0.25) is 9.59 Å². The van der Waals surface area contributed by atoms with E-state index in [0.717, 1.165) is 5.56 Å². The number of rotatable bonds is 5. The summed E-state index contributed by atoms with van der Waals surface area (Å²) in [5.41, 5.74) is 1.08. The third-order valence-electron chi connectivity index (χ3n) is 3.49. The van der Waals surface area contributed by atoms with Gasteiger partial charge in [0, 0.05) is 19.1 Å². The van der Waals surface area contributed by atoms with Gasteiger partial charge in [-0.2, -0.15) is 0 Å². The summed E-state index contributed by atoms with van der Waals surface area (Å²) in [7, 11) is 4.78. The van der Waals surface area contributed by atoms with Crippen molar-refractivity contribution in [3.8, 4) is 5.75 Å². The minimum Gasteiger partial charge on any atom is -0.497 e. The number of hydrogen-bond donors (Lipinski definition) is 1. The Labute approximate surface area is 162 Å². The minimum atomic E-state index is -0.498. The number of likely N-dealkylation sites (N-methyl/N-ethyl adjacent to an activating group) is 1. The number of hydrogen-bond acceptors (Lipinski definition) is 3. The molecule has 26 heavy (non-hydrogen) atoms. The van der Waals surface area contributed by atoms with E-state index < -0.39 is 5.91 Å². The molecule has 0 aliphatic rings. The number of amides is 2. The fourth-order valence-corrected chi connectivity index (χ4v) is 2.62. The third-order valence-corrected chi connectivity index (χ3v) is 4.04. The van der Waals surface area contributed by atoms with E-state index in [1.165, 1.54) is 17.0 Å². The van der Waals surface area contributed by atoms with Crippen LogP contribution in [0.1, 0.15) is 15.9 Å². The molecule has 0 saturated heterocycles. The molecule has 0 aliphatic carbocycles. The van der Waals surface area contributed by atoms with Gasteiger partial charge in [-0.05, 0) is 42.0 Å². The summed E-state index contributed by atoms with van der Waals surface area (Å²) in [5.74, 6) is -0.152. The number of nitrogens with one attached hydrogen (secondary N) is 1. The Hall–Kier alpha value is -2.50. The van der Waals surface area contributed by atoms with Crippen molar-refractivity contribution in [1.29, 1.82) is 0 Å². The second-order valence-electron chi connectivity index (χ2n) is 5.61. The number of ether oxygens (including phenoxy) is 1. The van der Waals surface area contributed by atoms with Gasteiger partial charge >= 0.3 is 0 Å². The second-order valence-corrected chi connectivity index (χ2v) is 6.45. The van der Waals surface area contributed by atoms with E-state index in [4.69, 9.17) is 27.9 Å². The standard InChI is InChI=1S/C19H18Cl2N2O3/c1-23(2)19(25)17(10-12-4-7-14(26-3)8-5-12)22-18(24)15-9-6-13(20)11-16(15)21/h4-11H,1-3H3,(H,22,24). The van der Waals surface area contributed by atoms with E-state index in [2.05, 4.69) is 5.32 Å². The normalized spacial score (nSPS) is 11.0. The minimum absolute atomic E-state index is 0.121. The third kappa shape index (κ3) is 5.00. The van der Waals surface area contributed by atoms with Crippen molar-refractivity contribution in [3.05, 3.63) is 69.3 Å². The lowest BCUT2D eigenvalue weighted by Crippen LogP contribution is -2.34. The molecule has 0 saturated carbocycles. The summed E-state index contributed by atoms with van der Waals surface area (Å²) in [4.78, 5) is 26.3. The first-order valence-electron chi connectivity index (χ1n) is 7.65. The molecular weight excluding hydrogens is 375 g/mol. The Kier molecular flexibility index (Phi) is 6.66. The van der Waals surface area contributed by atoms with E-state index in [0.29, 0.717) is 10.8 Å². The monoisotopic (exact) mass is 392 g/mol. The molecule has 0 aromatic heterocycles. The summed E-state index contributed by atoms with van der Waals surface area (Å²) in [6, 6.07) is 11.6. The number of carbonyl (C=O) groups is 2. The highest BCUT2D eigenvalue weighted by atomic mass is 35.5. The van der Waals surface area contributed by atoms with Crippen LogP contribution in [0, 0.1) is 0 Å². The van der Waals surface area contributed by atoms with Gasteiger partial charge in [-0.15, -0.1) is 0 Å².